The van der Waals surface area contributed by atoms with Crippen LogP contribution in [0, 0.1) is 0 Å². The fraction of sp³-hybridized carbons (Fsp3) is 0.533. The number of methoxy groups -OCH3 is 1. The van der Waals surface area contributed by atoms with E-state index in [1.165, 1.54) is 0 Å². The van der Waals surface area contributed by atoms with Crippen LogP contribution in [0.4, 0.5) is 5.69 Å². The highest BCUT2D eigenvalue weighted by atomic mass is 16.5. The zero-order valence-corrected chi connectivity index (χ0v) is 12.0. The number of hydrogen-bond acceptors (Lipinski definition) is 4. The summed E-state index contributed by atoms with van der Waals surface area (Å²) in [5, 5.41) is 6.19. The second-order valence-corrected chi connectivity index (χ2v) is 4.98. The summed E-state index contributed by atoms with van der Waals surface area (Å²) in [6.07, 6.45) is 0.435. The van der Waals surface area contributed by atoms with Crippen molar-refractivity contribution in [2.24, 2.45) is 0 Å². The number of anilines is 1. The highest BCUT2D eigenvalue weighted by Gasteiger charge is 2.17. The molecule has 0 bridgehead atoms. The van der Waals surface area contributed by atoms with Crippen LogP contribution in [0.15, 0.2) is 24.3 Å². The standard InChI is InChI=1S/C15H22N2O3/c1-11(19-2)12-4-3-5-13(8-12)17-15(18)9-14-10-20-7-6-16-14/h3-5,8,11,14,16H,6-7,9-10H2,1-2H3,(H,17,18). The van der Waals surface area contributed by atoms with Crippen molar-refractivity contribution in [2.45, 2.75) is 25.5 Å². The summed E-state index contributed by atoms with van der Waals surface area (Å²) < 4.78 is 10.6. The van der Waals surface area contributed by atoms with Gasteiger partial charge in [-0.05, 0) is 24.6 Å². The molecule has 1 amide bonds. The maximum Gasteiger partial charge on any atom is 0.226 e. The van der Waals surface area contributed by atoms with Gasteiger partial charge in [-0.25, -0.2) is 0 Å². The van der Waals surface area contributed by atoms with E-state index in [2.05, 4.69) is 10.6 Å². The molecule has 2 rings (SSSR count). The molecular formula is C15H22N2O3. The lowest BCUT2D eigenvalue weighted by atomic mass is 10.1. The van der Waals surface area contributed by atoms with Crippen molar-refractivity contribution in [2.75, 3.05) is 32.2 Å². The molecule has 0 aliphatic carbocycles. The molecule has 1 aromatic rings. The molecule has 0 spiro atoms. The number of rotatable bonds is 5. The van der Waals surface area contributed by atoms with E-state index >= 15 is 0 Å². The van der Waals surface area contributed by atoms with Crippen molar-refractivity contribution >= 4 is 11.6 Å². The van der Waals surface area contributed by atoms with Crippen LogP contribution in [0.2, 0.25) is 0 Å². The first kappa shape index (κ1) is 15.0. The SMILES string of the molecule is COC(C)c1cccc(NC(=O)CC2COCCN2)c1. The molecular weight excluding hydrogens is 256 g/mol. The molecule has 1 fully saturated rings. The smallest absolute Gasteiger partial charge is 0.226 e. The Hall–Kier alpha value is -1.43. The monoisotopic (exact) mass is 278 g/mol. The van der Waals surface area contributed by atoms with Gasteiger partial charge in [0, 0.05) is 31.8 Å². The van der Waals surface area contributed by atoms with E-state index < -0.39 is 0 Å². The quantitative estimate of drug-likeness (QED) is 0.861. The molecule has 20 heavy (non-hydrogen) atoms. The summed E-state index contributed by atoms with van der Waals surface area (Å²) in [6, 6.07) is 7.83. The number of nitrogens with one attached hydrogen (secondary N) is 2. The molecule has 5 nitrogen and oxygen atoms in total. The Kier molecular flexibility index (Phi) is 5.52. The minimum atomic E-state index is -0.00443. The zero-order valence-electron chi connectivity index (χ0n) is 12.0. The lowest BCUT2D eigenvalue weighted by molar-refractivity contribution is -0.117. The Labute approximate surface area is 119 Å². The third-order valence-corrected chi connectivity index (χ3v) is 3.42. The van der Waals surface area contributed by atoms with Gasteiger partial charge in [0.25, 0.3) is 0 Å². The number of carbonyl (C=O) groups is 1. The van der Waals surface area contributed by atoms with Crippen LogP contribution in [0.3, 0.4) is 0 Å². The Morgan fingerprint density at radius 3 is 3.15 bits per heavy atom. The number of benzene rings is 1. The second-order valence-electron chi connectivity index (χ2n) is 4.98. The van der Waals surface area contributed by atoms with Crippen molar-refractivity contribution in [3.8, 4) is 0 Å². The van der Waals surface area contributed by atoms with Gasteiger partial charge < -0.3 is 20.1 Å². The van der Waals surface area contributed by atoms with Crippen LogP contribution < -0.4 is 10.6 Å². The Morgan fingerprint density at radius 1 is 1.60 bits per heavy atom. The van der Waals surface area contributed by atoms with E-state index in [4.69, 9.17) is 9.47 Å². The summed E-state index contributed by atoms with van der Waals surface area (Å²) in [5.74, 6) is -0.00443. The van der Waals surface area contributed by atoms with Gasteiger partial charge >= 0.3 is 0 Å². The first-order valence-corrected chi connectivity index (χ1v) is 6.93. The predicted octanol–water partition coefficient (Wildman–Crippen LogP) is 1.71. The molecule has 2 N–H and O–H groups in total. The summed E-state index contributed by atoms with van der Waals surface area (Å²) in [4.78, 5) is 12.0. The van der Waals surface area contributed by atoms with Crippen molar-refractivity contribution < 1.29 is 14.3 Å². The minimum Gasteiger partial charge on any atom is -0.378 e. The highest BCUT2D eigenvalue weighted by Crippen LogP contribution is 2.19. The molecule has 0 saturated carbocycles. The largest absolute Gasteiger partial charge is 0.378 e. The first-order valence-electron chi connectivity index (χ1n) is 6.93. The average Bonchev–Trinajstić information content (AvgIpc) is 2.47. The number of morpholine rings is 1. The fourth-order valence-electron chi connectivity index (χ4n) is 2.19. The van der Waals surface area contributed by atoms with Crippen LogP contribution in [-0.4, -0.2) is 38.8 Å². The van der Waals surface area contributed by atoms with Gasteiger partial charge in [0.1, 0.15) is 0 Å². The fourth-order valence-corrected chi connectivity index (χ4v) is 2.19. The van der Waals surface area contributed by atoms with Gasteiger partial charge in [-0.1, -0.05) is 12.1 Å². The third kappa shape index (κ3) is 4.30. The van der Waals surface area contributed by atoms with Crippen LogP contribution in [-0.2, 0) is 14.3 Å². The molecule has 1 heterocycles. The molecule has 110 valence electrons. The van der Waals surface area contributed by atoms with E-state index in [1.54, 1.807) is 7.11 Å². The van der Waals surface area contributed by atoms with Gasteiger partial charge in [-0.3, -0.25) is 4.79 Å². The molecule has 1 aliphatic rings. The molecule has 1 aromatic carbocycles. The van der Waals surface area contributed by atoms with Crippen molar-refractivity contribution in [1.82, 2.24) is 5.32 Å². The Bertz CT molecular complexity index is 444. The highest BCUT2D eigenvalue weighted by molar-refractivity contribution is 5.91. The van der Waals surface area contributed by atoms with Crippen LogP contribution in [0.5, 0.6) is 0 Å². The van der Waals surface area contributed by atoms with Gasteiger partial charge in [-0.15, -0.1) is 0 Å². The molecule has 2 unspecified atom stereocenters. The van der Waals surface area contributed by atoms with E-state index in [0.29, 0.717) is 13.0 Å². The third-order valence-electron chi connectivity index (χ3n) is 3.42. The Morgan fingerprint density at radius 2 is 2.45 bits per heavy atom. The molecule has 0 radical (unpaired) electrons. The average molecular weight is 278 g/mol. The van der Waals surface area contributed by atoms with Crippen LogP contribution in [0.25, 0.3) is 0 Å². The van der Waals surface area contributed by atoms with Crippen molar-refractivity contribution in [3.05, 3.63) is 29.8 Å². The van der Waals surface area contributed by atoms with Gasteiger partial charge in [0.15, 0.2) is 0 Å². The van der Waals surface area contributed by atoms with Crippen LogP contribution in [0.1, 0.15) is 25.0 Å². The summed E-state index contributed by atoms with van der Waals surface area (Å²) in [5.41, 5.74) is 1.84. The number of hydrogen-bond donors (Lipinski definition) is 2. The zero-order chi connectivity index (χ0) is 14.4. The van der Waals surface area contributed by atoms with E-state index in [-0.39, 0.29) is 18.1 Å². The summed E-state index contributed by atoms with van der Waals surface area (Å²) >= 11 is 0. The molecule has 1 aliphatic heterocycles. The minimum absolute atomic E-state index is 0.00443. The predicted molar refractivity (Wildman–Crippen MR) is 77.7 cm³/mol. The molecule has 0 aromatic heterocycles. The van der Waals surface area contributed by atoms with Crippen molar-refractivity contribution in [3.63, 3.8) is 0 Å². The van der Waals surface area contributed by atoms with E-state index in [1.807, 2.05) is 31.2 Å². The summed E-state index contributed by atoms with van der Waals surface area (Å²) in [6.45, 7) is 4.09. The Balaban J connectivity index is 1.90. The van der Waals surface area contributed by atoms with E-state index in [9.17, 15) is 4.79 Å². The van der Waals surface area contributed by atoms with Gasteiger partial charge in [0.05, 0.1) is 19.3 Å². The molecule has 2 atom stereocenters. The normalized spacial score (nSPS) is 20.4. The maximum atomic E-state index is 12.0. The lowest BCUT2D eigenvalue weighted by Crippen LogP contribution is -2.43. The molecule has 1 saturated heterocycles. The topological polar surface area (TPSA) is 59.6 Å². The van der Waals surface area contributed by atoms with Gasteiger partial charge in [-0.2, -0.15) is 0 Å². The number of amides is 1. The van der Waals surface area contributed by atoms with E-state index in [0.717, 1.165) is 24.4 Å². The second kappa shape index (κ2) is 7.38. The number of carbonyl (C=O) groups excluding carboxylic acids is 1. The van der Waals surface area contributed by atoms with Crippen molar-refractivity contribution in [1.29, 1.82) is 0 Å². The lowest BCUT2D eigenvalue weighted by Gasteiger charge is -2.23. The summed E-state index contributed by atoms with van der Waals surface area (Å²) in [7, 11) is 1.67. The van der Waals surface area contributed by atoms with Gasteiger partial charge in [0.2, 0.25) is 5.91 Å². The maximum absolute atomic E-state index is 12.0. The molecule has 5 heteroatoms. The van der Waals surface area contributed by atoms with Crippen LogP contribution >= 0.6 is 0 Å². The first-order chi connectivity index (χ1) is 9.69. The number of ether oxygens (including phenoxy) is 2.